The van der Waals surface area contributed by atoms with E-state index in [9.17, 15) is 4.79 Å². The molecule has 10 heteroatoms. The first-order valence-corrected chi connectivity index (χ1v) is 9.28. The van der Waals surface area contributed by atoms with Crippen molar-refractivity contribution in [3.63, 3.8) is 0 Å². The normalized spacial score (nSPS) is 16.4. The van der Waals surface area contributed by atoms with E-state index in [1.54, 1.807) is 10.7 Å². The monoisotopic (exact) mass is 390 g/mol. The van der Waals surface area contributed by atoms with Crippen molar-refractivity contribution in [2.45, 2.75) is 18.9 Å². The number of hydrogen-bond donors (Lipinski definition) is 3. The molecule has 3 N–H and O–H groups in total. The third kappa shape index (κ3) is 3.14. The molecule has 29 heavy (non-hydrogen) atoms. The van der Waals surface area contributed by atoms with E-state index in [-0.39, 0.29) is 11.7 Å². The zero-order valence-corrected chi connectivity index (χ0v) is 15.4. The SMILES string of the molecule is O=C(O)c1cc(Nc2nc(N3CCCC3c3ccccn3)nn3cccc23)[nH]n1. The Bertz CT molecular complexity index is 1170. The Morgan fingerprint density at radius 2 is 2.21 bits per heavy atom. The minimum Gasteiger partial charge on any atom is -0.476 e. The van der Waals surface area contributed by atoms with Crippen LogP contribution in [0.25, 0.3) is 5.52 Å². The summed E-state index contributed by atoms with van der Waals surface area (Å²) in [7, 11) is 0. The Hall–Kier alpha value is -3.95. The first-order chi connectivity index (χ1) is 14.2. The van der Waals surface area contributed by atoms with Crippen molar-refractivity contribution < 1.29 is 9.90 Å². The van der Waals surface area contributed by atoms with Crippen molar-refractivity contribution in [3.8, 4) is 0 Å². The highest BCUT2D eigenvalue weighted by Crippen LogP contribution is 2.34. The Morgan fingerprint density at radius 1 is 1.28 bits per heavy atom. The Balaban J connectivity index is 1.52. The van der Waals surface area contributed by atoms with Crippen molar-refractivity contribution in [1.82, 2.24) is 29.8 Å². The van der Waals surface area contributed by atoms with Gasteiger partial charge in [-0.25, -0.2) is 9.31 Å². The van der Waals surface area contributed by atoms with Gasteiger partial charge in [-0.1, -0.05) is 6.07 Å². The summed E-state index contributed by atoms with van der Waals surface area (Å²) in [5.41, 5.74) is 1.70. The lowest BCUT2D eigenvalue weighted by Crippen LogP contribution is -2.26. The number of hydrogen-bond acceptors (Lipinski definition) is 7. The molecule has 146 valence electrons. The van der Waals surface area contributed by atoms with E-state index in [0.717, 1.165) is 30.6 Å². The number of carboxylic acids is 1. The first kappa shape index (κ1) is 17.2. The Kier molecular flexibility index (Phi) is 4.08. The number of pyridine rings is 1. The van der Waals surface area contributed by atoms with Crippen LogP contribution in [0.2, 0.25) is 0 Å². The molecule has 1 aliphatic heterocycles. The second-order valence-electron chi connectivity index (χ2n) is 6.80. The number of aromatic nitrogens is 6. The number of carboxylic acid groups (broad SMARTS) is 1. The summed E-state index contributed by atoms with van der Waals surface area (Å²) in [4.78, 5) is 22.5. The van der Waals surface area contributed by atoms with E-state index >= 15 is 0 Å². The highest BCUT2D eigenvalue weighted by Gasteiger charge is 2.30. The summed E-state index contributed by atoms with van der Waals surface area (Å²) in [5, 5.41) is 23.3. The number of aromatic amines is 1. The molecule has 10 nitrogen and oxygen atoms in total. The predicted octanol–water partition coefficient (Wildman–Crippen LogP) is 2.63. The maximum atomic E-state index is 11.1. The quantitative estimate of drug-likeness (QED) is 0.475. The molecule has 1 saturated heterocycles. The number of carbonyl (C=O) groups is 1. The fourth-order valence-electron chi connectivity index (χ4n) is 3.65. The molecule has 4 aromatic rings. The van der Waals surface area contributed by atoms with Crippen LogP contribution in [0, 0.1) is 0 Å². The number of nitrogens with zero attached hydrogens (tertiary/aromatic N) is 6. The van der Waals surface area contributed by atoms with Gasteiger partial charge in [0.05, 0.1) is 11.7 Å². The molecule has 4 aromatic heterocycles. The van der Waals surface area contributed by atoms with Crippen LogP contribution in [0.4, 0.5) is 17.6 Å². The van der Waals surface area contributed by atoms with Gasteiger partial charge in [0.2, 0.25) is 5.95 Å². The molecule has 0 aliphatic carbocycles. The zero-order valence-electron chi connectivity index (χ0n) is 15.4. The van der Waals surface area contributed by atoms with Gasteiger partial charge >= 0.3 is 5.97 Å². The van der Waals surface area contributed by atoms with Gasteiger partial charge in [-0.3, -0.25) is 10.1 Å². The minimum atomic E-state index is -1.10. The van der Waals surface area contributed by atoms with E-state index < -0.39 is 5.97 Å². The van der Waals surface area contributed by atoms with E-state index in [2.05, 4.69) is 30.5 Å². The van der Waals surface area contributed by atoms with Crippen molar-refractivity contribution in [2.75, 3.05) is 16.8 Å². The third-order valence-corrected chi connectivity index (χ3v) is 4.97. The molecule has 5 rings (SSSR count). The van der Waals surface area contributed by atoms with Crippen molar-refractivity contribution >= 4 is 29.1 Å². The van der Waals surface area contributed by atoms with Gasteiger partial charge in [0.1, 0.15) is 11.3 Å². The van der Waals surface area contributed by atoms with E-state index in [4.69, 9.17) is 10.1 Å². The predicted molar refractivity (Wildman–Crippen MR) is 105 cm³/mol. The number of anilines is 3. The number of fused-ring (bicyclic) bond motifs is 1. The van der Waals surface area contributed by atoms with Crippen molar-refractivity contribution in [2.24, 2.45) is 0 Å². The number of H-pyrrole nitrogens is 1. The Labute approximate surface area is 165 Å². The average Bonchev–Trinajstić information content (AvgIpc) is 3.48. The average molecular weight is 390 g/mol. The molecular weight excluding hydrogens is 372 g/mol. The van der Waals surface area contributed by atoms with Crippen LogP contribution in [0.3, 0.4) is 0 Å². The van der Waals surface area contributed by atoms with Crippen molar-refractivity contribution in [1.29, 1.82) is 0 Å². The molecule has 0 radical (unpaired) electrons. The Morgan fingerprint density at radius 3 is 3.00 bits per heavy atom. The highest BCUT2D eigenvalue weighted by molar-refractivity contribution is 5.86. The molecule has 0 spiro atoms. The number of nitrogens with one attached hydrogen (secondary N) is 2. The highest BCUT2D eigenvalue weighted by atomic mass is 16.4. The summed E-state index contributed by atoms with van der Waals surface area (Å²) in [6.07, 6.45) is 5.66. The van der Waals surface area contributed by atoms with Crippen LogP contribution in [-0.2, 0) is 0 Å². The lowest BCUT2D eigenvalue weighted by atomic mass is 10.1. The standard InChI is InChI=1S/C19H18N8O2/c28-18(29)13-11-16(24-23-13)21-17-15-7-4-10-27(15)25-19(22-17)26-9-3-6-14(26)12-5-1-2-8-20-12/h1-2,4-5,7-8,10-11,14H,3,6,9H2,(H,28,29)(H2,21,22,23,24,25). The molecule has 0 aromatic carbocycles. The largest absolute Gasteiger partial charge is 0.476 e. The van der Waals surface area contributed by atoms with Crippen LogP contribution < -0.4 is 10.2 Å². The molecule has 0 saturated carbocycles. The minimum absolute atomic E-state index is 0.0667. The number of aromatic carboxylic acids is 1. The summed E-state index contributed by atoms with van der Waals surface area (Å²) in [6.45, 7) is 0.834. The van der Waals surface area contributed by atoms with Gasteiger partial charge in [0, 0.05) is 25.0 Å². The van der Waals surface area contributed by atoms with Crippen LogP contribution in [0.15, 0.2) is 48.8 Å². The first-order valence-electron chi connectivity index (χ1n) is 9.28. The van der Waals surface area contributed by atoms with Gasteiger partial charge in [0.15, 0.2) is 11.5 Å². The van der Waals surface area contributed by atoms with E-state index in [1.807, 2.05) is 36.5 Å². The molecule has 1 fully saturated rings. The smallest absolute Gasteiger partial charge is 0.356 e. The lowest BCUT2D eigenvalue weighted by Gasteiger charge is -2.24. The van der Waals surface area contributed by atoms with Crippen LogP contribution in [-0.4, -0.2) is 47.4 Å². The summed E-state index contributed by atoms with van der Waals surface area (Å²) in [6, 6.07) is 11.2. The maximum Gasteiger partial charge on any atom is 0.356 e. The molecule has 1 aliphatic rings. The molecular formula is C19H18N8O2. The van der Waals surface area contributed by atoms with E-state index in [1.165, 1.54) is 6.07 Å². The maximum absolute atomic E-state index is 11.1. The van der Waals surface area contributed by atoms with Crippen molar-refractivity contribution in [3.05, 3.63) is 60.2 Å². The topological polar surface area (TPSA) is 124 Å². The second kappa shape index (κ2) is 6.89. The van der Waals surface area contributed by atoms with Gasteiger partial charge in [0.25, 0.3) is 0 Å². The molecule has 5 heterocycles. The van der Waals surface area contributed by atoms with Crippen LogP contribution in [0.1, 0.15) is 35.1 Å². The summed E-state index contributed by atoms with van der Waals surface area (Å²) >= 11 is 0. The van der Waals surface area contributed by atoms with Gasteiger partial charge in [-0.2, -0.15) is 10.1 Å². The van der Waals surface area contributed by atoms with Crippen LogP contribution in [0.5, 0.6) is 0 Å². The molecule has 1 unspecified atom stereocenters. The fraction of sp³-hybridized carbons (Fsp3) is 0.211. The third-order valence-electron chi connectivity index (χ3n) is 4.97. The summed E-state index contributed by atoms with van der Waals surface area (Å²) in [5.74, 6) is 0.494. The molecule has 0 amide bonds. The fourth-order valence-corrected chi connectivity index (χ4v) is 3.65. The van der Waals surface area contributed by atoms with Gasteiger partial charge in [-0.15, -0.1) is 5.10 Å². The second-order valence-corrected chi connectivity index (χ2v) is 6.80. The van der Waals surface area contributed by atoms with E-state index in [0.29, 0.717) is 17.6 Å². The van der Waals surface area contributed by atoms with Gasteiger partial charge < -0.3 is 15.3 Å². The molecule has 0 bridgehead atoms. The van der Waals surface area contributed by atoms with Crippen LogP contribution >= 0.6 is 0 Å². The number of rotatable bonds is 5. The summed E-state index contributed by atoms with van der Waals surface area (Å²) < 4.78 is 1.76. The van der Waals surface area contributed by atoms with Gasteiger partial charge in [-0.05, 0) is 37.1 Å². The zero-order chi connectivity index (χ0) is 19.8. The molecule has 1 atom stereocenters. The lowest BCUT2D eigenvalue weighted by molar-refractivity contribution is 0.0690.